The van der Waals surface area contributed by atoms with E-state index in [0.29, 0.717) is 46.5 Å². The Morgan fingerprint density at radius 2 is 1.12 bits per heavy atom. The highest BCUT2D eigenvalue weighted by atomic mass is 19.4. The minimum atomic E-state index is -5.08. The second-order valence-corrected chi connectivity index (χ2v) is 10.8. The first-order valence-electron chi connectivity index (χ1n) is 14.3. The number of amides is 3. The fraction of sp³-hybridized carbons (Fsp3) is 0.379. The molecule has 0 fully saturated rings. The molecule has 0 unspecified atom stereocenters. The van der Waals surface area contributed by atoms with Gasteiger partial charge in [0.05, 0.1) is 22.9 Å². The molecule has 0 saturated carbocycles. The number of nitrogens with zero attached hydrogens (tertiary/aromatic N) is 5. The molecule has 0 aliphatic rings. The van der Waals surface area contributed by atoms with Crippen LogP contribution >= 0.6 is 0 Å². The quantitative estimate of drug-likeness (QED) is 0.0778. The van der Waals surface area contributed by atoms with Gasteiger partial charge in [0.1, 0.15) is 17.1 Å². The number of amidine groups is 1. The first kappa shape index (κ1) is 43.2. The zero-order valence-electron chi connectivity index (χ0n) is 28.1. The van der Waals surface area contributed by atoms with Gasteiger partial charge in [-0.25, -0.2) is 14.6 Å². The van der Waals surface area contributed by atoms with Crippen LogP contribution in [0.5, 0.6) is 0 Å². The number of halogens is 6. The number of carbonyl (C=O) groups excluding carboxylic acids is 3. The molecule has 3 rings (SSSR count). The van der Waals surface area contributed by atoms with Crippen LogP contribution in [0.2, 0.25) is 0 Å². The molecule has 3 heterocycles. The van der Waals surface area contributed by atoms with Crippen molar-refractivity contribution in [1.29, 1.82) is 0 Å². The van der Waals surface area contributed by atoms with Crippen molar-refractivity contribution in [2.45, 2.75) is 25.7 Å². The second kappa shape index (κ2) is 18.3. The molecular formula is C29H37F6N9O7. The number of anilines is 2. The molecule has 3 aromatic heterocycles. The number of alkyl halides is 6. The molecule has 22 heteroatoms. The third-order valence-electron chi connectivity index (χ3n) is 6.07. The Kier molecular flexibility index (Phi) is 15.5. The lowest BCUT2D eigenvalue weighted by atomic mass is 10.3. The Balaban J connectivity index is 0.000000780. The number of carboxylic acid groups (broad SMARTS) is 2. The standard InChI is InChI=1S/C25H35N9O3.2C2HF3O2/c1-16(26)28-17-10-21(33(5)13-17)24(36)30-19-12-22(34(6)15-19)25(37)29-18-11-20(32(4)14-18)23(35)27-8-7-9-31(2)3;2*3-2(4,5)1(6)7/h10-15H,7-9H2,1-6H3,(H2,26,28)(H,27,35)(H,29,37)(H,30,36);2*(H,6,7). The lowest BCUT2D eigenvalue weighted by Gasteiger charge is -2.10. The van der Waals surface area contributed by atoms with Crippen LogP contribution in [0.15, 0.2) is 41.8 Å². The van der Waals surface area contributed by atoms with Gasteiger partial charge >= 0.3 is 24.3 Å². The number of carbonyl (C=O) groups is 5. The number of nitrogens with one attached hydrogen (secondary N) is 3. The van der Waals surface area contributed by atoms with Gasteiger partial charge in [0.25, 0.3) is 17.7 Å². The van der Waals surface area contributed by atoms with Crippen LogP contribution in [0, 0.1) is 0 Å². The van der Waals surface area contributed by atoms with E-state index >= 15 is 0 Å². The van der Waals surface area contributed by atoms with Crippen molar-refractivity contribution in [2.75, 3.05) is 37.8 Å². The number of hydrogen-bond acceptors (Lipinski definition) is 7. The maximum atomic E-state index is 12.9. The summed E-state index contributed by atoms with van der Waals surface area (Å²) in [4.78, 5) is 62.2. The third kappa shape index (κ3) is 14.7. The SMILES string of the molecule is CC(N)=Nc1cc(C(=O)Nc2cc(C(=O)Nc3cc(C(=O)NCCCN(C)C)n(C)c3)n(C)c2)n(C)c1.O=C(O)C(F)(F)F.O=C(O)C(F)(F)F. The summed E-state index contributed by atoms with van der Waals surface area (Å²) in [5, 5.41) is 22.8. The Labute approximate surface area is 286 Å². The van der Waals surface area contributed by atoms with Crippen molar-refractivity contribution in [3.63, 3.8) is 0 Å². The van der Waals surface area contributed by atoms with Gasteiger partial charge in [-0.3, -0.25) is 14.4 Å². The number of aliphatic imine (C=N–C) groups is 1. The smallest absolute Gasteiger partial charge is 0.475 e. The topological polar surface area (TPSA) is 218 Å². The van der Waals surface area contributed by atoms with Crippen LogP contribution < -0.4 is 21.7 Å². The molecule has 51 heavy (non-hydrogen) atoms. The fourth-order valence-electron chi connectivity index (χ4n) is 3.83. The van der Waals surface area contributed by atoms with E-state index in [0.717, 1.165) is 13.0 Å². The minimum Gasteiger partial charge on any atom is -0.475 e. The number of hydrogen-bond donors (Lipinski definition) is 6. The van der Waals surface area contributed by atoms with Crippen LogP contribution in [-0.4, -0.2) is 104 Å². The Bertz CT molecular complexity index is 1710. The molecule has 0 aliphatic heterocycles. The van der Waals surface area contributed by atoms with Gasteiger partial charge in [0.2, 0.25) is 0 Å². The Morgan fingerprint density at radius 3 is 1.49 bits per heavy atom. The molecule has 0 bridgehead atoms. The summed E-state index contributed by atoms with van der Waals surface area (Å²) in [6, 6.07) is 4.84. The number of carboxylic acids is 2. The summed E-state index contributed by atoms with van der Waals surface area (Å²) in [5.41, 5.74) is 8.32. The predicted molar refractivity (Wildman–Crippen MR) is 172 cm³/mol. The second-order valence-electron chi connectivity index (χ2n) is 10.8. The van der Waals surface area contributed by atoms with Crippen LogP contribution in [0.3, 0.4) is 0 Å². The highest BCUT2D eigenvalue weighted by Crippen LogP contribution is 2.21. The van der Waals surface area contributed by atoms with Gasteiger partial charge < -0.3 is 50.5 Å². The lowest BCUT2D eigenvalue weighted by Crippen LogP contribution is -2.28. The van der Waals surface area contributed by atoms with Crippen molar-refractivity contribution in [1.82, 2.24) is 23.9 Å². The summed E-state index contributed by atoms with van der Waals surface area (Å²) in [6.45, 7) is 3.11. The van der Waals surface area contributed by atoms with Gasteiger partial charge in [-0.1, -0.05) is 0 Å². The molecule has 0 radical (unpaired) electrons. The average Bonchev–Trinajstić information content (AvgIpc) is 3.65. The first-order chi connectivity index (χ1) is 23.3. The summed E-state index contributed by atoms with van der Waals surface area (Å²) in [6.07, 6.45) is -4.30. The normalized spacial score (nSPS) is 11.5. The number of aliphatic carboxylic acids is 2. The summed E-state index contributed by atoms with van der Waals surface area (Å²) in [5.74, 6) is -6.05. The lowest BCUT2D eigenvalue weighted by molar-refractivity contribution is -0.193. The van der Waals surface area contributed by atoms with Crippen molar-refractivity contribution < 1.29 is 60.5 Å². The van der Waals surface area contributed by atoms with Crippen LogP contribution in [0.4, 0.5) is 43.4 Å². The Morgan fingerprint density at radius 1 is 0.745 bits per heavy atom. The van der Waals surface area contributed by atoms with E-state index in [2.05, 4.69) is 25.8 Å². The van der Waals surface area contributed by atoms with Gasteiger partial charge in [0, 0.05) is 46.3 Å². The molecule has 16 nitrogen and oxygen atoms in total. The summed E-state index contributed by atoms with van der Waals surface area (Å²) >= 11 is 0. The zero-order chi connectivity index (χ0) is 39.4. The zero-order valence-corrected chi connectivity index (χ0v) is 28.1. The van der Waals surface area contributed by atoms with Gasteiger partial charge in [-0.15, -0.1) is 0 Å². The minimum absolute atomic E-state index is 0.207. The molecule has 0 saturated heterocycles. The van der Waals surface area contributed by atoms with Crippen LogP contribution in [0.25, 0.3) is 0 Å². The molecule has 282 valence electrons. The van der Waals surface area contributed by atoms with Crippen molar-refractivity contribution in [3.8, 4) is 0 Å². The Hall–Kier alpha value is -5.80. The van der Waals surface area contributed by atoms with E-state index in [1.807, 2.05) is 14.1 Å². The fourth-order valence-corrected chi connectivity index (χ4v) is 3.83. The number of aryl methyl sites for hydroxylation is 3. The maximum absolute atomic E-state index is 12.9. The van der Waals surface area contributed by atoms with Crippen molar-refractivity contribution in [3.05, 3.63) is 53.9 Å². The summed E-state index contributed by atoms with van der Waals surface area (Å²) < 4.78 is 68.4. The maximum Gasteiger partial charge on any atom is 0.490 e. The average molecular weight is 738 g/mol. The molecule has 3 amide bonds. The predicted octanol–water partition coefficient (Wildman–Crippen LogP) is 3.16. The van der Waals surface area contributed by atoms with E-state index in [-0.39, 0.29) is 17.7 Å². The highest BCUT2D eigenvalue weighted by Gasteiger charge is 2.38. The van der Waals surface area contributed by atoms with Gasteiger partial charge in [0.15, 0.2) is 0 Å². The number of aromatic nitrogens is 3. The van der Waals surface area contributed by atoms with E-state index in [4.69, 9.17) is 25.5 Å². The number of rotatable bonds is 10. The van der Waals surface area contributed by atoms with E-state index in [1.165, 1.54) is 0 Å². The van der Waals surface area contributed by atoms with Gasteiger partial charge in [-0.05, 0) is 52.2 Å². The molecular weight excluding hydrogens is 700 g/mol. The molecule has 0 spiro atoms. The van der Waals surface area contributed by atoms with E-state index in [1.54, 1.807) is 78.6 Å². The van der Waals surface area contributed by atoms with Crippen LogP contribution in [0.1, 0.15) is 44.8 Å². The van der Waals surface area contributed by atoms with Crippen LogP contribution in [-0.2, 0) is 30.7 Å². The number of nitrogens with two attached hydrogens (primary N) is 1. The van der Waals surface area contributed by atoms with Crippen molar-refractivity contribution >= 4 is 52.6 Å². The molecule has 3 aromatic rings. The highest BCUT2D eigenvalue weighted by molar-refractivity contribution is 6.07. The molecule has 7 N–H and O–H groups in total. The molecule has 0 aromatic carbocycles. The first-order valence-corrected chi connectivity index (χ1v) is 14.3. The monoisotopic (exact) mass is 737 g/mol. The van der Waals surface area contributed by atoms with Gasteiger partial charge in [-0.2, -0.15) is 26.3 Å². The summed E-state index contributed by atoms with van der Waals surface area (Å²) in [7, 11) is 9.16. The van der Waals surface area contributed by atoms with E-state index in [9.17, 15) is 40.7 Å². The molecule has 0 atom stereocenters. The van der Waals surface area contributed by atoms with E-state index < -0.39 is 24.3 Å². The van der Waals surface area contributed by atoms with Crippen molar-refractivity contribution in [2.24, 2.45) is 31.9 Å². The largest absolute Gasteiger partial charge is 0.490 e. The third-order valence-corrected chi connectivity index (χ3v) is 6.07. The molecule has 0 aliphatic carbocycles.